The van der Waals surface area contributed by atoms with Crippen molar-refractivity contribution in [3.8, 4) is 0 Å². The van der Waals surface area contributed by atoms with E-state index in [-0.39, 0.29) is 5.41 Å². The first-order valence-electron chi connectivity index (χ1n) is 9.82. The molecule has 1 fully saturated rings. The van der Waals surface area contributed by atoms with E-state index in [1.807, 2.05) is 6.20 Å². The molecule has 0 unspecified atom stereocenters. The van der Waals surface area contributed by atoms with Gasteiger partial charge in [-0.3, -0.25) is 9.88 Å². The summed E-state index contributed by atoms with van der Waals surface area (Å²) in [6.07, 6.45) is 4.24. The summed E-state index contributed by atoms with van der Waals surface area (Å²) in [4.78, 5) is 15.4. The molecule has 0 saturated carbocycles. The third-order valence-corrected chi connectivity index (χ3v) is 5.69. The number of benzene rings is 1. The summed E-state index contributed by atoms with van der Waals surface area (Å²) < 4.78 is 0. The minimum Gasteiger partial charge on any atom is -0.341 e. The molecule has 1 aliphatic heterocycles. The van der Waals surface area contributed by atoms with Gasteiger partial charge in [-0.25, -0.2) is 4.98 Å². The topological polar surface area (TPSA) is 56.8 Å². The fourth-order valence-electron chi connectivity index (χ4n) is 4.26. The molecule has 0 bridgehead atoms. The molecule has 3 aromatic rings. The lowest BCUT2D eigenvalue weighted by atomic mass is 9.75. The lowest BCUT2D eigenvalue weighted by molar-refractivity contribution is 0.189. The second kappa shape index (κ2) is 7.41. The third kappa shape index (κ3) is 3.89. The number of piperidine rings is 1. The predicted molar refractivity (Wildman–Crippen MR) is 110 cm³/mol. The highest BCUT2D eigenvalue weighted by Gasteiger charge is 2.36. The van der Waals surface area contributed by atoms with E-state index in [0.717, 1.165) is 55.9 Å². The van der Waals surface area contributed by atoms with Gasteiger partial charge in [0.25, 0.3) is 0 Å². The zero-order valence-corrected chi connectivity index (χ0v) is 16.5. The van der Waals surface area contributed by atoms with E-state index in [4.69, 9.17) is 9.97 Å². The summed E-state index contributed by atoms with van der Waals surface area (Å²) in [5.41, 5.74) is 5.97. The minimum atomic E-state index is 0.107. The number of aryl methyl sites for hydroxylation is 2. The number of rotatable bonds is 5. The van der Waals surface area contributed by atoms with Crippen LogP contribution in [-0.4, -0.2) is 46.5 Å². The number of aromatic amines is 1. The van der Waals surface area contributed by atoms with Crippen LogP contribution in [0.15, 0.2) is 36.5 Å². The lowest BCUT2D eigenvalue weighted by Gasteiger charge is -2.40. The number of nitrogens with zero attached hydrogens (tertiary/aromatic N) is 3. The molecule has 0 radical (unpaired) electrons. The van der Waals surface area contributed by atoms with Crippen LogP contribution in [0.4, 0.5) is 0 Å². The summed E-state index contributed by atoms with van der Waals surface area (Å²) >= 11 is 0. The van der Waals surface area contributed by atoms with Crippen LogP contribution in [0.5, 0.6) is 0 Å². The van der Waals surface area contributed by atoms with Gasteiger partial charge in [0, 0.05) is 23.9 Å². The van der Waals surface area contributed by atoms with Crippen molar-refractivity contribution in [2.24, 2.45) is 0 Å². The lowest BCUT2D eigenvalue weighted by Crippen LogP contribution is -2.47. The van der Waals surface area contributed by atoms with Crippen molar-refractivity contribution in [1.29, 1.82) is 0 Å². The standard InChI is InChI=1S/C22H29N5/c1-16-4-6-18-19(12-16)26-21(25-18)14-27(3)15-22(8-10-23-11-9-22)20-7-5-17(2)13-24-20/h4-7,12-13,23H,8-11,14-15H2,1-3H3,(H,25,26). The van der Waals surface area contributed by atoms with Gasteiger partial charge in [0.05, 0.1) is 17.6 Å². The zero-order chi connectivity index (χ0) is 18.9. The normalized spacial score (nSPS) is 16.9. The number of pyridine rings is 1. The Labute approximate surface area is 161 Å². The van der Waals surface area contributed by atoms with Crippen LogP contribution in [0.3, 0.4) is 0 Å². The van der Waals surface area contributed by atoms with Crippen molar-refractivity contribution in [3.05, 3.63) is 59.2 Å². The van der Waals surface area contributed by atoms with E-state index in [1.54, 1.807) is 0 Å². The number of hydrogen-bond donors (Lipinski definition) is 2. The fraction of sp³-hybridized carbons (Fsp3) is 0.455. The molecule has 1 aromatic carbocycles. The highest BCUT2D eigenvalue weighted by atomic mass is 15.1. The number of H-pyrrole nitrogens is 1. The Morgan fingerprint density at radius 3 is 2.59 bits per heavy atom. The summed E-state index contributed by atoms with van der Waals surface area (Å²) in [5.74, 6) is 1.03. The molecule has 2 N–H and O–H groups in total. The molecule has 1 saturated heterocycles. The maximum atomic E-state index is 4.80. The molecule has 5 nitrogen and oxygen atoms in total. The van der Waals surface area contributed by atoms with Gasteiger partial charge in [-0.15, -0.1) is 0 Å². The molecule has 2 aromatic heterocycles. The van der Waals surface area contributed by atoms with Gasteiger partial charge in [0.1, 0.15) is 5.82 Å². The Balaban J connectivity index is 1.54. The van der Waals surface area contributed by atoms with Crippen LogP contribution in [0, 0.1) is 13.8 Å². The van der Waals surface area contributed by atoms with Gasteiger partial charge >= 0.3 is 0 Å². The first-order chi connectivity index (χ1) is 13.0. The van der Waals surface area contributed by atoms with Gasteiger partial charge in [-0.05, 0) is 76.2 Å². The summed E-state index contributed by atoms with van der Waals surface area (Å²) in [6, 6.07) is 10.8. The Morgan fingerprint density at radius 1 is 1.07 bits per heavy atom. The fourth-order valence-corrected chi connectivity index (χ4v) is 4.26. The summed E-state index contributed by atoms with van der Waals surface area (Å²) in [7, 11) is 2.19. The maximum Gasteiger partial charge on any atom is 0.121 e. The Kier molecular flexibility index (Phi) is 4.98. The van der Waals surface area contributed by atoms with Crippen LogP contribution in [0.2, 0.25) is 0 Å². The van der Waals surface area contributed by atoms with E-state index in [0.29, 0.717) is 0 Å². The second-order valence-electron chi connectivity index (χ2n) is 8.13. The van der Waals surface area contributed by atoms with E-state index >= 15 is 0 Å². The molecule has 142 valence electrons. The largest absolute Gasteiger partial charge is 0.341 e. The Morgan fingerprint density at radius 2 is 1.85 bits per heavy atom. The minimum absolute atomic E-state index is 0.107. The number of imidazole rings is 1. The van der Waals surface area contributed by atoms with Crippen LogP contribution < -0.4 is 5.32 Å². The number of aromatic nitrogens is 3. The Bertz CT molecular complexity index is 906. The van der Waals surface area contributed by atoms with Crippen molar-refractivity contribution in [2.75, 3.05) is 26.7 Å². The van der Waals surface area contributed by atoms with Gasteiger partial charge in [0.2, 0.25) is 0 Å². The molecular weight excluding hydrogens is 334 g/mol. The van der Waals surface area contributed by atoms with Crippen molar-refractivity contribution in [2.45, 2.75) is 38.6 Å². The average molecular weight is 364 g/mol. The molecule has 0 atom stereocenters. The van der Waals surface area contributed by atoms with E-state index in [1.165, 1.54) is 16.8 Å². The van der Waals surface area contributed by atoms with E-state index in [2.05, 4.69) is 66.4 Å². The molecule has 27 heavy (non-hydrogen) atoms. The van der Waals surface area contributed by atoms with Crippen molar-refractivity contribution in [3.63, 3.8) is 0 Å². The third-order valence-electron chi connectivity index (χ3n) is 5.69. The van der Waals surface area contributed by atoms with Crippen molar-refractivity contribution < 1.29 is 0 Å². The molecule has 3 heterocycles. The summed E-state index contributed by atoms with van der Waals surface area (Å²) in [6.45, 7) is 8.11. The van der Waals surface area contributed by atoms with Crippen LogP contribution in [-0.2, 0) is 12.0 Å². The maximum absolute atomic E-state index is 4.80. The molecule has 1 aliphatic rings. The van der Waals surface area contributed by atoms with Gasteiger partial charge in [0.15, 0.2) is 0 Å². The highest BCUT2D eigenvalue weighted by Crippen LogP contribution is 2.33. The molecule has 0 spiro atoms. The smallest absolute Gasteiger partial charge is 0.121 e. The monoisotopic (exact) mass is 363 g/mol. The van der Waals surface area contributed by atoms with Gasteiger partial charge < -0.3 is 10.3 Å². The Hall–Kier alpha value is -2.24. The van der Waals surface area contributed by atoms with E-state index in [9.17, 15) is 0 Å². The van der Waals surface area contributed by atoms with Gasteiger partial charge in [-0.2, -0.15) is 0 Å². The first-order valence-corrected chi connectivity index (χ1v) is 9.82. The number of fused-ring (bicyclic) bond motifs is 1. The van der Waals surface area contributed by atoms with Crippen LogP contribution >= 0.6 is 0 Å². The summed E-state index contributed by atoms with van der Waals surface area (Å²) in [5, 5.41) is 3.50. The molecule has 0 amide bonds. The molecule has 4 rings (SSSR count). The number of likely N-dealkylation sites (N-methyl/N-ethyl adjacent to an activating group) is 1. The molecular formula is C22H29N5. The number of hydrogen-bond acceptors (Lipinski definition) is 4. The number of nitrogens with one attached hydrogen (secondary N) is 2. The van der Waals surface area contributed by atoms with Crippen LogP contribution in [0.25, 0.3) is 11.0 Å². The second-order valence-corrected chi connectivity index (χ2v) is 8.13. The van der Waals surface area contributed by atoms with Crippen molar-refractivity contribution in [1.82, 2.24) is 25.2 Å². The average Bonchev–Trinajstić information content (AvgIpc) is 3.04. The zero-order valence-electron chi connectivity index (χ0n) is 16.5. The molecule has 0 aliphatic carbocycles. The molecule has 5 heteroatoms. The van der Waals surface area contributed by atoms with Crippen molar-refractivity contribution >= 4 is 11.0 Å². The van der Waals surface area contributed by atoms with Gasteiger partial charge in [-0.1, -0.05) is 12.1 Å². The highest BCUT2D eigenvalue weighted by molar-refractivity contribution is 5.75. The van der Waals surface area contributed by atoms with E-state index < -0.39 is 0 Å². The predicted octanol–water partition coefficient (Wildman–Crippen LogP) is 3.33. The quantitative estimate of drug-likeness (QED) is 0.730. The SMILES string of the molecule is Cc1ccc(C2(CN(C)Cc3nc4ccc(C)cc4[nH]3)CCNCC2)nc1. The first kappa shape index (κ1) is 18.1. The van der Waals surface area contributed by atoms with Crippen LogP contribution in [0.1, 0.15) is 35.5 Å².